The summed E-state index contributed by atoms with van der Waals surface area (Å²) in [6.07, 6.45) is 0. The molecule has 0 atom stereocenters. The van der Waals surface area contributed by atoms with Crippen LogP contribution in [-0.2, 0) is 5.88 Å². The van der Waals surface area contributed by atoms with Gasteiger partial charge in [0.25, 0.3) is 0 Å². The molecule has 0 saturated carbocycles. The average Bonchev–Trinajstić information content (AvgIpc) is 2.62. The maximum Gasteiger partial charge on any atom is 0.101 e. The second-order valence-corrected chi connectivity index (χ2v) is 4.08. The van der Waals surface area contributed by atoms with Crippen LogP contribution in [0.4, 0.5) is 5.69 Å². The smallest absolute Gasteiger partial charge is 0.101 e. The molecule has 70 valence electrons. The van der Waals surface area contributed by atoms with Crippen molar-refractivity contribution in [3.63, 3.8) is 0 Å². The molecule has 1 aromatic carbocycles. The lowest BCUT2D eigenvalue weighted by Crippen LogP contribution is -1.92. The van der Waals surface area contributed by atoms with Gasteiger partial charge in [-0.25, -0.2) is 0 Å². The molecule has 1 aromatic heterocycles. The van der Waals surface area contributed by atoms with E-state index in [0.29, 0.717) is 17.1 Å². The Balaban J connectivity index is 2.85. The summed E-state index contributed by atoms with van der Waals surface area (Å²) >= 11 is 7.26. The van der Waals surface area contributed by atoms with Crippen LogP contribution >= 0.6 is 22.9 Å². The van der Waals surface area contributed by atoms with E-state index >= 15 is 0 Å². The molecule has 2 rings (SSSR count). The van der Waals surface area contributed by atoms with E-state index in [1.165, 1.54) is 11.3 Å². The van der Waals surface area contributed by atoms with Crippen molar-refractivity contribution in [3.8, 4) is 6.07 Å². The SMILES string of the molecule is N#Cc1csc2ccc(CCl)c(N)c12. The Kier molecular flexibility index (Phi) is 2.32. The van der Waals surface area contributed by atoms with Gasteiger partial charge in [-0.3, -0.25) is 0 Å². The summed E-state index contributed by atoms with van der Waals surface area (Å²) in [7, 11) is 0. The highest BCUT2D eigenvalue weighted by molar-refractivity contribution is 7.17. The lowest BCUT2D eigenvalue weighted by molar-refractivity contribution is 1.43. The Labute approximate surface area is 90.5 Å². The number of nitriles is 1. The Morgan fingerprint density at radius 2 is 2.29 bits per heavy atom. The summed E-state index contributed by atoms with van der Waals surface area (Å²) in [5.74, 6) is 0.377. The third-order valence-electron chi connectivity index (χ3n) is 2.14. The first-order valence-corrected chi connectivity index (χ1v) is 5.44. The number of halogens is 1. The predicted octanol–water partition coefficient (Wildman–Crippen LogP) is 3.09. The number of hydrogen-bond donors (Lipinski definition) is 1. The Hall–Kier alpha value is -1.24. The van der Waals surface area contributed by atoms with Crippen LogP contribution in [0.25, 0.3) is 10.1 Å². The third kappa shape index (κ3) is 1.24. The van der Waals surface area contributed by atoms with Crippen LogP contribution in [-0.4, -0.2) is 0 Å². The minimum absolute atomic E-state index is 0.377. The molecule has 0 unspecified atom stereocenters. The van der Waals surface area contributed by atoms with Crippen molar-refractivity contribution < 1.29 is 0 Å². The standard InChI is InChI=1S/C10H7ClN2S/c11-3-6-1-2-8-9(10(6)13)7(4-12)5-14-8/h1-2,5H,3,13H2. The van der Waals surface area contributed by atoms with E-state index in [-0.39, 0.29) is 0 Å². The molecular formula is C10H7ClN2S. The highest BCUT2D eigenvalue weighted by Gasteiger charge is 2.09. The molecule has 0 spiro atoms. The van der Waals surface area contributed by atoms with E-state index in [4.69, 9.17) is 22.6 Å². The molecule has 2 N–H and O–H groups in total. The molecule has 0 saturated heterocycles. The van der Waals surface area contributed by atoms with Gasteiger partial charge in [0.15, 0.2) is 0 Å². The predicted molar refractivity (Wildman–Crippen MR) is 60.5 cm³/mol. The van der Waals surface area contributed by atoms with Crippen LogP contribution < -0.4 is 5.73 Å². The van der Waals surface area contributed by atoms with Crippen molar-refractivity contribution in [1.82, 2.24) is 0 Å². The summed E-state index contributed by atoms with van der Waals surface area (Å²) in [6.45, 7) is 0. The molecule has 1 heterocycles. The number of thiophene rings is 1. The van der Waals surface area contributed by atoms with Crippen molar-refractivity contribution in [2.45, 2.75) is 5.88 Å². The molecule has 0 aliphatic heterocycles. The zero-order chi connectivity index (χ0) is 10.1. The number of nitrogens with zero attached hydrogens (tertiary/aromatic N) is 1. The van der Waals surface area contributed by atoms with Gasteiger partial charge in [-0.2, -0.15) is 5.26 Å². The number of fused-ring (bicyclic) bond motifs is 1. The zero-order valence-corrected chi connectivity index (χ0v) is 8.82. The van der Waals surface area contributed by atoms with Gasteiger partial charge in [0.2, 0.25) is 0 Å². The first-order valence-electron chi connectivity index (χ1n) is 4.02. The van der Waals surface area contributed by atoms with Crippen LogP contribution in [0.2, 0.25) is 0 Å². The highest BCUT2D eigenvalue weighted by atomic mass is 35.5. The second kappa shape index (κ2) is 3.49. The van der Waals surface area contributed by atoms with Crippen molar-refractivity contribution in [2.75, 3.05) is 5.73 Å². The molecule has 0 bridgehead atoms. The quantitative estimate of drug-likeness (QED) is 0.596. The maximum absolute atomic E-state index is 8.88. The topological polar surface area (TPSA) is 49.8 Å². The molecule has 0 aliphatic carbocycles. The molecule has 2 nitrogen and oxygen atoms in total. The number of nitrogen functional groups attached to an aromatic ring is 1. The van der Waals surface area contributed by atoms with Crippen molar-refractivity contribution >= 4 is 38.7 Å². The van der Waals surface area contributed by atoms with Crippen LogP contribution in [0, 0.1) is 11.3 Å². The summed E-state index contributed by atoms with van der Waals surface area (Å²) in [5, 5.41) is 11.5. The fraction of sp³-hybridized carbons (Fsp3) is 0.100. The van der Waals surface area contributed by atoms with Crippen LogP contribution in [0.15, 0.2) is 17.5 Å². The fourth-order valence-electron chi connectivity index (χ4n) is 1.40. The normalized spacial score (nSPS) is 10.3. The highest BCUT2D eigenvalue weighted by Crippen LogP contribution is 2.33. The number of nitrogens with two attached hydrogens (primary N) is 1. The minimum atomic E-state index is 0.377. The Bertz CT molecular complexity index is 525. The first-order chi connectivity index (χ1) is 6.77. The molecule has 2 aromatic rings. The summed E-state index contributed by atoms with van der Waals surface area (Å²) in [5.41, 5.74) is 8.07. The summed E-state index contributed by atoms with van der Waals surface area (Å²) in [6, 6.07) is 5.99. The zero-order valence-electron chi connectivity index (χ0n) is 7.25. The van der Waals surface area contributed by atoms with Gasteiger partial charge >= 0.3 is 0 Å². The van der Waals surface area contributed by atoms with E-state index in [1.807, 2.05) is 17.5 Å². The van der Waals surface area contributed by atoms with Gasteiger partial charge in [0, 0.05) is 27.0 Å². The van der Waals surface area contributed by atoms with Gasteiger partial charge in [-0.1, -0.05) is 6.07 Å². The van der Waals surface area contributed by atoms with E-state index in [1.54, 1.807) is 0 Å². The van der Waals surface area contributed by atoms with Gasteiger partial charge in [-0.05, 0) is 11.6 Å². The molecule has 0 amide bonds. The van der Waals surface area contributed by atoms with Crippen molar-refractivity contribution in [3.05, 3.63) is 28.6 Å². The molecule has 0 radical (unpaired) electrons. The lowest BCUT2D eigenvalue weighted by Gasteiger charge is -2.02. The number of benzene rings is 1. The molecule has 4 heteroatoms. The maximum atomic E-state index is 8.88. The summed E-state index contributed by atoms with van der Waals surface area (Å²) < 4.78 is 1.04. The average molecular weight is 223 g/mol. The fourth-order valence-corrected chi connectivity index (χ4v) is 2.53. The van der Waals surface area contributed by atoms with E-state index in [9.17, 15) is 0 Å². The van der Waals surface area contributed by atoms with Gasteiger partial charge < -0.3 is 5.73 Å². The molecule has 0 aliphatic rings. The van der Waals surface area contributed by atoms with Crippen LogP contribution in [0.5, 0.6) is 0 Å². The first kappa shape index (κ1) is 9.32. The number of hydrogen-bond acceptors (Lipinski definition) is 3. The lowest BCUT2D eigenvalue weighted by atomic mass is 10.1. The van der Waals surface area contributed by atoms with E-state index < -0.39 is 0 Å². The molecule has 14 heavy (non-hydrogen) atoms. The van der Waals surface area contributed by atoms with Gasteiger partial charge in [0.1, 0.15) is 6.07 Å². The van der Waals surface area contributed by atoms with Crippen LogP contribution in [0.3, 0.4) is 0 Å². The number of rotatable bonds is 1. The van der Waals surface area contributed by atoms with Crippen LogP contribution in [0.1, 0.15) is 11.1 Å². The summed E-state index contributed by atoms with van der Waals surface area (Å²) in [4.78, 5) is 0. The molecular weight excluding hydrogens is 216 g/mol. The van der Waals surface area contributed by atoms with Gasteiger partial charge in [-0.15, -0.1) is 22.9 Å². The van der Waals surface area contributed by atoms with Gasteiger partial charge in [0.05, 0.1) is 5.56 Å². The molecule has 0 fully saturated rings. The van der Waals surface area contributed by atoms with E-state index in [2.05, 4.69) is 6.07 Å². The Morgan fingerprint density at radius 3 is 2.93 bits per heavy atom. The van der Waals surface area contributed by atoms with E-state index in [0.717, 1.165) is 15.6 Å². The number of alkyl halides is 1. The Morgan fingerprint density at radius 1 is 1.50 bits per heavy atom. The van der Waals surface area contributed by atoms with Crippen molar-refractivity contribution in [2.24, 2.45) is 0 Å². The minimum Gasteiger partial charge on any atom is -0.398 e. The second-order valence-electron chi connectivity index (χ2n) is 2.91. The monoisotopic (exact) mass is 222 g/mol. The van der Waals surface area contributed by atoms with Crippen molar-refractivity contribution in [1.29, 1.82) is 5.26 Å². The third-order valence-corrected chi connectivity index (χ3v) is 3.37. The largest absolute Gasteiger partial charge is 0.398 e. The number of anilines is 1.